The predicted molar refractivity (Wildman–Crippen MR) is 77.7 cm³/mol. The quantitative estimate of drug-likeness (QED) is 0.669. The van der Waals surface area contributed by atoms with Crippen molar-refractivity contribution in [1.82, 2.24) is 20.4 Å². The first-order valence-corrected chi connectivity index (χ1v) is 7.58. The van der Waals surface area contributed by atoms with Crippen LogP contribution in [0.2, 0.25) is 0 Å². The van der Waals surface area contributed by atoms with Gasteiger partial charge in [-0.2, -0.15) is 0 Å². The second-order valence-electron chi connectivity index (χ2n) is 4.42. The highest BCUT2D eigenvalue weighted by molar-refractivity contribution is 7.98. The molecule has 7 heteroatoms. The van der Waals surface area contributed by atoms with E-state index in [1.807, 2.05) is 38.1 Å². The molecule has 0 radical (unpaired) electrons. The molecule has 108 valence electrons. The molecule has 3 aromatic rings. The third-order valence-corrected chi connectivity index (χ3v) is 3.72. The molecule has 0 unspecified atom stereocenters. The van der Waals surface area contributed by atoms with Gasteiger partial charge in [0.05, 0.1) is 5.75 Å². The molecule has 21 heavy (non-hydrogen) atoms. The Labute approximate surface area is 126 Å². The second kappa shape index (κ2) is 6.09. The molecule has 0 bridgehead atoms. The molecule has 0 aliphatic carbocycles. The molecule has 3 rings (SSSR count). The number of aryl methyl sites for hydroxylation is 2. The van der Waals surface area contributed by atoms with Crippen LogP contribution in [0.15, 0.2) is 38.3 Å². The molecule has 0 N–H and O–H groups in total. The fourth-order valence-electron chi connectivity index (χ4n) is 1.80. The van der Waals surface area contributed by atoms with Gasteiger partial charge in [-0.15, -0.1) is 20.4 Å². The van der Waals surface area contributed by atoms with Crippen LogP contribution < -0.4 is 0 Å². The fourth-order valence-corrected chi connectivity index (χ4v) is 2.40. The van der Waals surface area contributed by atoms with Crippen LogP contribution in [0.1, 0.15) is 24.3 Å². The third-order valence-electron chi connectivity index (χ3n) is 2.91. The Kier molecular flexibility index (Phi) is 4.01. The van der Waals surface area contributed by atoms with Gasteiger partial charge in [-0.1, -0.05) is 36.9 Å². The number of hydrogen-bond donors (Lipinski definition) is 0. The smallest absolute Gasteiger partial charge is 0.277 e. The van der Waals surface area contributed by atoms with Crippen molar-refractivity contribution in [2.45, 2.75) is 31.2 Å². The zero-order valence-corrected chi connectivity index (χ0v) is 12.6. The fraction of sp³-hybridized carbons (Fsp3) is 0.286. The Balaban J connectivity index is 1.69. The van der Waals surface area contributed by atoms with Crippen LogP contribution in [0.5, 0.6) is 0 Å². The lowest BCUT2D eigenvalue weighted by Crippen LogP contribution is -1.81. The highest BCUT2D eigenvalue weighted by Crippen LogP contribution is 2.27. The van der Waals surface area contributed by atoms with Gasteiger partial charge in [0.15, 0.2) is 0 Å². The minimum atomic E-state index is 0.490. The van der Waals surface area contributed by atoms with Crippen LogP contribution in [-0.4, -0.2) is 20.4 Å². The van der Waals surface area contributed by atoms with E-state index < -0.39 is 0 Å². The molecule has 0 saturated heterocycles. The largest absolute Gasteiger partial charge is 0.424 e. The Morgan fingerprint density at radius 2 is 1.81 bits per heavy atom. The Bertz CT molecular complexity index is 738. The number of aromatic nitrogens is 4. The summed E-state index contributed by atoms with van der Waals surface area (Å²) in [6.07, 6.45) is 0.732. The summed E-state index contributed by atoms with van der Waals surface area (Å²) in [6.45, 7) is 3.98. The van der Waals surface area contributed by atoms with Crippen molar-refractivity contribution in [3.8, 4) is 11.5 Å². The Morgan fingerprint density at radius 3 is 2.57 bits per heavy atom. The molecular weight excluding hydrogens is 288 g/mol. The van der Waals surface area contributed by atoms with E-state index >= 15 is 0 Å². The van der Waals surface area contributed by atoms with E-state index in [4.69, 9.17) is 8.83 Å². The second-order valence-corrected chi connectivity index (χ2v) is 5.35. The maximum absolute atomic E-state index is 5.66. The molecule has 6 nitrogen and oxygen atoms in total. The molecule has 0 fully saturated rings. The summed E-state index contributed by atoms with van der Waals surface area (Å²) >= 11 is 1.38. The van der Waals surface area contributed by atoms with Crippen molar-refractivity contribution in [2.75, 3.05) is 0 Å². The van der Waals surface area contributed by atoms with Gasteiger partial charge in [-0.05, 0) is 18.6 Å². The van der Waals surface area contributed by atoms with E-state index in [9.17, 15) is 0 Å². The van der Waals surface area contributed by atoms with Crippen LogP contribution in [0, 0.1) is 6.92 Å². The molecule has 0 spiro atoms. The van der Waals surface area contributed by atoms with Crippen LogP contribution in [0.3, 0.4) is 0 Å². The van der Waals surface area contributed by atoms with Crippen molar-refractivity contribution in [1.29, 1.82) is 0 Å². The average molecular weight is 302 g/mol. The summed E-state index contributed by atoms with van der Waals surface area (Å²) in [5.41, 5.74) is 2.05. The van der Waals surface area contributed by atoms with Crippen molar-refractivity contribution < 1.29 is 8.83 Å². The number of rotatable bonds is 5. The van der Waals surface area contributed by atoms with Crippen LogP contribution in [0.4, 0.5) is 0 Å². The first-order chi connectivity index (χ1) is 10.3. The number of benzene rings is 1. The SMILES string of the molecule is CCc1nnc(CSc2nnc(-c3ccccc3C)o2)o1. The predicted octanol–water partition coefficient (Wildman–Crippen LogP) is 3.28. The highest BCUT2D eigenvalue weighted by atomic mass is 32.2. The van der Waals surface area contributed by atoms with E-state index in [1.54, 1.807) is 0 Å². The molecule has 0 aliphatic heterocycles. The highest BCUT2D eigenvalue weighted by Gasteiger charge is 2.12. The van der Waals surface area contributed by atoms with E-state index in [1.165, 1.54) is 11.8 Å². The standard InChI is InChI=1S/C14H14N4O2S/c1-3-11-15-16-12(19-11)8-21-14-18-17-13(20-14)10-7-5-4-6-9(10)2/h4-7H,3,8H2,1-2H3. The van der Waals surface area contributed by atoms with Crippen molar-refractivity contribution in [3.63, 3.8) is 0 Å². The number of nitrogens with zero attached hydrogens (tertiary/aromatic N) is 4. The van der Waals surface area contributed by atoms with Gasteiger partial charge in [-0.25, -0.2) is 0 Å². The van der Waals surface area contributed by atoms with Crippen molar-refractivity contribution in [2.24, 2.45) is 0 Å². The average Bonchev–Trinajstić information content (AvgIpc) is 3.14. The third kappa shape index (κ3) is 3.13. The first-order valence-electron chi connectivity index (χ1n) is 6.60. The van der Waals surface area contributed by atoms with E-state index in [2.05, 4.69) is 20.4 Å². The van der Waals surface area contributed by atoms with Gasteiger partial charge in [0.2, 0.25) is 17.7 Å². The maximum atomic E-state index is 5.66. The van der Waals surface area contributed by atoms with Gasteiger partial charge < -0.3 is 8.83 Å². The molecule has 0 amide bonds. The summed E-state index contributed by atoms with van der Waals surface area (Å²) in [6, 6.07) is 7.90. The maximum Gasteiger partial charge on any atom is 0.277 e. The lowest BCUT2D eigenvalue weighted by molar-refractivity contribution is 0.458. The first kappa shape index (κ1) is 13.8. The monoisotopic (exact) mass is 302 g/mol. The molecule has 0 aliphatic rings. The van der Waals surface area contributed by atoms with Gasteiger partial charge >= 0.3 is 0 Å². The van der Waals surface area contributed by atoms with Gasteiger partial charge in [0.1, 0.15) is 0 Å². The summed E-state index contributed by atoms with van der Waals surface area (Å²) < 4.78 is 11.1. The summed E-state index contributed by atoms with van der Waals surface area (Å²) in [7, 11) is 0. The summed E-state index contributed by atoms with van der Waals surface area (Å²) in [5.74, 6) is 2.24. The molecule has 2 heterocycles. The van der Waals surface area contributed by atoms with E-state index in [-0.39, 0.29) is 0 Å². The van der Waals surface area contributed by atoms with Crippen molar-refractivity contribution in [3.05, 3.63) is 41.6 Å². The van der Waals surface area contributed by atoms with Gasteiger partial charge in [0, 0.05) is 12.0 Å². The van der Waals surface area contributed by atoms with Gasteiger partial charge in [-0.3, -0.25) is 0 Å². The zero-order chi connectivity index (χ0) is 14.7. The number of hydrogen-bond acceptors (Lipinski definition) is 7. The molecule has 1 aromatic carbocycles. The molecular formula is C14H14N4O2S. The minimum Gasteiger partial charge on any atom is -0.424 e. The minimum absolute atomic E-state index is 0.490. The summed E-state index contributed by atoms with van der Waals surface area (Å²) in [4.78, 5) is 0. The molecule has 0 atom stereocenters. The van der Waals surface area contributed by atoms with E-state index in [0.29, 0.717) is 28.6 Å². The molecule has 2 aromatic heterocycles. The lowest BCUT2D eigenvalue weighted by atomic mass is 10.1. The Hall–Kier alpha value is -2.15. The lowest BCUT2D eigenvalue weighted by Gasteiger charge is -1.98. The normalized spacial score (nSPS) is 11.0. The van der Waals surface area contributed by atoms with Crippen LogP contribution >= 0.6 is 11.8 Å². The number of thioether (sulfide) groups is 1. The molecule has 0 saturated carbocycles. The van der Waals surface area contributed by atoms with E-state index in [0.717, 1.165) is 17.5 Å². The summed E-state index contributed by atoms with van der Waals surface area (Å²) in [5, 5.41) is 16.5. The van der Waals surface area contributed by atoms with Crippen LogP contribution in [0.25, 0.3) is 11.5 Å². The van der Waals surface area contributed by atoms with Gasteiger partial charge in [0.25, 0.3) is 5.22 Å². The van der Waals surface area contributed by atoms with Crippen molar-refractivity contribution >= 4 is 11.8 Å². The van der Waals surface area contributed by atoms with Crippen LogP contribution in [-0.2, 0) is 12.2 Å². The Morgan fingerprint density at radius 1 is 1.00 bits per heavy atom. The zero-order valence-electron chi connectivity index (χ0n) is 11.7. The topological polar surface area (TPSA) is 77.8 Å².